The van der Waals surface area contributed by atoms with E-state index in [0.717, 1.165) is 6.26 Å². The van der Waals surface area contributed by atoms with E-state index >= 15 is 0 Å². The van der Waals surface area contributed by atoms with Gasteiger partial charge in [0.05, 0.1) is 12.2 Å². The van der Waals surface area contributed by atoms with Crippen molar-refractivity contribution in [3.8, 4) is 0 Å². The van der Waals surface area contributed by atoms with Crippen molar-refractivity contribution in [1.82, 2.24) is 9.62 Å². The molecule has 0 radical (unpaired) electrons. The number of thioether (sulfide) groups is 1. The topological polar surface area (TPSA) is 104 Å². The Morgan fingerprint density at radius 2 is 2.14 bits per heavy atom. The van der Waals surface area contributed by atoms with Gasteiger partial charge in [-0.1, -0.05) is 0 Å². The first kappa shape index (κ1) is 16.6. The van der Waals surface area contributed by atoms with Crippen LogP contribution in [-0.4, -0.2) is 66.1 Å². The zero-order chi connectivity index (χ0) is 15.7. The van der Waals surface area contributed by atoms with Crippen LogP contribution >= 0.6 is 11.8 Å². The maximum Gasteiger partial charge on any atom is 0.330 e. The minimum Gasteiger partial charge on any atom is -0.479 e. The third-order valence-corrected chi connectivity index (χ3v) is 6.48. The van der Waals surface area contributed by atoms with Gasteiger partial charge in [-0.05, 0) is 25.0 Å². The van der Waals surface area contributed by atoms with Crippen LogP contribution in [0.4, 0.5) is 0 Å². The fourth-order valence-corrected chi connectivity index (χ4v) is 4.92. The predicted molar refractivity (Wildman–Crippen MR) is 79.6 cm³/mol. The number of carboxylic acids is 1. The van der Waals surface area contributed by atoms with E-state index in [1.165, 1.54) is 16.1 Å². The number of hydrogen-bond acceptors (Lipinski definition) is 5. The molecular weight excluding hydrogens is 316 g/mol. The molecule has 2 heterocycles. The van der Waals surface area contributed by atoms with E-state index in [0.29, 0.717) is 37.3 Å². The van der Waals surface area contributed by atoms with Crippen molar-refractivity contribution in [2.45, 2.75) is 24.8 Å². The van der Waals surface area contributed by atoms with Crippen LogP contribution in [0, 0.1) is 5.92 Å². The summed E-state index contributed by atoms with van der Waals surface area (Å²) in [5.74, 6) is -0.788. The highest BCUT2D eigenvalue weighted by Gasteiger charge is 2.44. The van der Waals surface area contributed by atoms with E-state index in [1.807, 2.05) is 0 Å². The van der Waals surface area contributed by atoms with E-state index in [9.17, 15) is 23.1 Å². The van der Waals surface area contributed by atoms with Gasteiger partial charge in [0.1, 0.15) is 5.54 Å². The summed E-state index contributed by atoms with van der Waals surface area (Å²) in [5, 5.41) is 12.0. The highest BCUT2D eigenvalue weighted by molar-refractivity contribution is 7.99. The number of nitrogens with zero attached hydrogens (tertiary/aromatic N) is 1. The fourth-order valence-electron chi connectivity index (χ4n) is 2.68. The Kier molecular flexibility index (Phi) is 4.84. The summed E-state index contributed by atoms with van der Waals surface area (Å²) in [5.41, 5.74) is -1.20. The van der Waals surface area contributed by atoms with Crippen LogP contribution in [-0.2, 0) is 19.6 Å². The van der Waals surface area contributed by atoms with Crippen molar-refractivity contribution in [3.63, 3.8) is 0 Å². The molecule has 2 fully saturated rings. The molecule has 120 valence electrons. The van der Waals surface area contributed by atoms with Gasteiger partial charge in [0, 0.05) is 18.8 Å². The Hall–Kier alpha value is -0.800. The molecular formula is C12H20N2O5S2. The van der Waals surface area contributed by atoms with Gasteiger partial charge < -0.3 is 10.4 Å². The highest BCUT2D eigenvalue weighted by atomic mass is 32.2. The van der Waals surface area contributed by atoms with E-state index in [2.05, 4.69) is 5.32 Å². The third-order valence-electron chi connectivity index (χ3n) is 4.02. The molecule has 0 aromatic carbocycles. The van der Waals surface area contributed by atoms with Crippen LogP contribution in [0.1, 0.15) is 19.3 Å². The number of hydrogen-bond donors (Lipinski definition) is 2. The van der Waals surface area contributed by atoms with Gasteiger partial charge in [0.25, 0.3) is 0 Å². The van der Waals surface area contributed by atoms with Gasteiger partial charge in [-0.2, -0.15) is 11.8 Å². The van der Waals surface area contributed by atoms with Crippen LogP contribution in [0.5, 0.6) is 0 Å². The van der Waals surface area contributed by atoms with Crippen LogP contribution in [0.25, 0.3) is 0 Å². The molecule has 2 N–H and O–H groups in total. The summed E-state index contributed by atoms with van der Waals surface area (Å²) in [7, 11) is -3.32. The largest absolute Gasteiger partial charge is 0.479 e. The van der Waals surface area contributed by atoms with Crippen LogP contribution < -0.4 is 5.32 Å². The molecule has 0 aromatic rings. The van der Waals surface area contributed by atoms with E-state index in [4.69, 9.17) is 0 Å². The molecule has 0 unspecified atom stereocenters. The second kappa shape index (κ2) is 6.13. The van der Waals surface area contributed by atoms with Gasteiger partial charge in [-0.3, -0.25) is 4.79 Å². The van der Waals surface area contributed by atoms with Crippen molar-refractivity contribution in [2.75, 3.05) is 30.9 Å². The number of amides is 1. The lowest BCUT2D eigenvalue weighted by Crippen LogP contribution is -2.57. The second-order valence-electron chi connectivity index (χ2n) is 5.64. The van der Waals surface area contributed by atoms with Crippen molar-refractivity contribution >= 4 is 33.7 Å². The number of carbonyl (C=O) groups is 2. The minimum atomic E-state index is -3.32. The molecule has 2 aliphatic heterocycles. The van der Waals surface area contributed by atoms with Gasteiger partial charge in [-0.15, -0.1) is 0 Å². The highest BCUT2D eigenvalue weighted by Crippen LogP contribution is 2.29. The van der Waals surface area contributed by atoms with E-state index in [-0.39, 0.29) is 12.5 Å². The van der Waals surface area contributed by atoms with Crippen LogP contribution in [0.15, 0.2) is 0 Å². The Morgan fingerprint density at radius 1 is 1.43 bits per heavy atom. The predicted octanol–water partition coefficient (Wildman–Crippen LogP) is -0.265. The molecule has 2 aliphatic rings. The summed E-state index contributed by atoms with van der Waals surface area (Å²) in [6.45, 7) is 0.552. The maximum absolute atomic E-state index is 12.3. The summed E-state index contributed by atoms with van der Waals surface area (Å²) in [6.07, 6.45) is 2.72. The Labute approximate surface area is 128 Å². The maximum atomic E-state index is 12.3. The van der Waals surface area contributed by atoms with Crippen molar-refractivity contribution in [2.24, 2.45) is 5.92 Å². The number of carbonyl (C=O) groups excluding carboxylic acids is 1. The van der Waals surface area contributed by atoms with Crippen molar-refractivity contribution in [3.05, 3.63) is 0 Å². The molecule has 2 rings (SSSR count). The lowest BCUT2D eigenvalue weighted by molar-refractivity contribution is -0.147. The molecule has 21 heavy (non-hydrogen) atoms. The van der Waals surface area contributed by atoms with E-state index < -0.39 is 27.4 Å². The number of aliphatic carboxylic acids is 1. The number of sulfonamides is 1. The molecule has 0 aromatic heterocycles. The first-order chi connectivity index (χ1) is 9.74. The monoisotopic (exact) mass is 336 g/mol. The molecule has 1 amide bonds. The zero-order valence-electron chi connectivity index (χ0n) is 11.9. The van der Waals surface area contributed by atoms with Crippen LogP contribution in [0.2, 0.25) is 0 Å². The first-order valence-corrected chi connectivity index (χ1v) is 9.83. The number of carboxylic acid groups (broad SMARTS) is 1. The molecule has 0 aliphatic carbocycles. The molecule has 0 saturated carbocycles. The molecule has 9 heteroatoms. The quantitative estimate of drug-likeness (QED) is 0.733. The molecule has 0 spiro atoms. The third kappa shape index (κ3) is 3.70. The average Bonchev–Trinajstić information content (AvgIpc) is 2.88. The molecule has 0 bridgehead atoms. The Morgan fingerprint density at radius 3 is 2.67 bits per heavy atom. The Balaban J connectivity index is 2.04. The molecule has 7 nitrogen and oxygen atoms in total. The summed E-state index contributed by atoms with van der Waals surface area (Å²) in [4.78, 5) is 23.8. The standard InChI is InChI=1S/C12H20N2O5S2/c1-21(18,19)14-5-2-3-9(7-14)10(15)13-12(11(16)17)4-6-20-8-12/h9H,2-8H2,1H3,(H,13,15)(H,16,17)/t9-,12-/m1/s1. The molecule has 2 atom stereocenters. The van der Waals surface area contributed by atoms with Gasteiger partial charge in [-0.25, -0.2) is 17.5 Å². The van der Waals surface area contributed by atoms with Crippen molar-refractivity contribution < 1.29 is 23.1 Å². The fraction of sp³-hybridized carbons (Fsp3) is 0.833. The number of piperidine rings is 1. The zero-order valence-corrected chi connectivity index (χ0v) is 13.5. The SMILES string of the molecule is CS(=O)(=O)N1CCC[C@@H](C(=O)N[C@]2(C(=O)O)CCSC2)C1. The number of nitrogens with one attached hydrogen (secondary N) is 1. The van der Waals surface area contributed by atoms with Gasteiger partial charge in [0.15, 0.2) is 0 Å². The smallest absolute Gasteiger partial charge is 0.330 e. The van der Waals surface area contributed by atoms with Crippen molar-refractivity contribution in [1.29, 1.82) is 0 Å². The summed E-state index contributed by atoms with van der Waals surface area (Å²) in [6, 6.07) is 0. The lowest BCUT2D eigenvalue weighted by atomic mass is 9.94. The van der Waals surface area contributed by atoms with Crippen LogP contribution in [0.3, 0.4) is 0 Å². The summed E-state index contributed by atoms with van der Waals surface area (Å²) >= 11 is 1.50. The van der Waals surface area contributed by atoms with Gasteiger partial charge in [0.2, 0.25) is 15.9 Å². The second-order valence-corrected chi connectivity index (χ2v) is 8.73. The average molecular weight is 336 g/mol. The number of rotatable bonds is 4. The van der Waals surface area contributed by atoms with Gasteiger partial charge >= 0.3 is 5.97 Å². The normalized spacial score (nSPS) is 31.0. The lowest BCUT2D eigenvalue weighted by Gasteiger charge is -2.33. The summed E-state index contributed by atoms with van der Waals surface area (Å²) < 4.78 is 24.4. The molecule has 2 saturated heterocycles. The minimum absolute atomic E-state index is 0.132. The Bertz CT molecular complexity index is 528. The first-order valence-electron chi connectivity index (χ1n) is 6.83. The van der Waals surface area contributed by atoms with E-state index in [1.54, 1.807) is 0 Å².